The normalized spacial score (nSPS) is 17.4. The Balaban J connectivity index is 1.82. The highest BCUT2D eigenvalue weighted by Gasteiger charge is 2.18. The standard InChI is InChI=1S/C21H32N2O3/c1-26-19-15-13-18(14-16-19)23-21(25)20(24)22-17-11-9-7-5-3-2-4-6-8-10-12-17/h13-17H,2-12H2,1H3,(H,22,24)(H,23,25). The molecule has 0 atom stereocenters. The lowest BCUT2D eigenvalue weighted by Crippen LogP contribution is -2.41. The van der Waals surface area contributed by atoms with E-state index in [4.69, 9.17) is 4.74 Å². The van der Waals surface area contributed by atoms with Crippen molar-refractivity contribution in [2.45, 2.75) is 76.7 Å². The van der Waals surface area contributed by atoms with Crippen LogP contribution in [-0.4, -0.2) is 25.0 Å². The first kappa shape index (κ1) is 20.3. The van der Waals surface area contributed by atoms with Crippen LogP contribution in [-0.2, 0) is 9.59 Å². The summed E-state index contributed by atoms with van der Waals surface area (Å²) in [5, 5.41) is 5.58. The second-order valence-corrected chi connectivity index (χ2v) is 7.11. The molecule has 2 rings (SSSR count). The lowest BCUT2D eigenvalue weighted by Gasteiger charge is -2.19. The first-order valence-corrected chi connectivity index (χ1v) is 9.95. The predicted molar refractivity (Wildman–Crippen MR) is 104 cm³/mol. The average molecular weight is 360 g/mol. The molecule has 144 valence electrons. The van der Waals surface area contributed by atoms with E-state index in [1.54, 1.807) is 31.4 Å². The molecule has 2 N–H and O–H groups in total. The van der Waals surface area contributed by atoms with Crippen molar-refractivity contribution in [3.8, 4) is 5.75 Å². The van der Waals surface area contributed by atoms with Crippen molar-refractivity contribution in [1.82, 2.24) is 5.32 Å². The van der Waals surface area contributed by atoms with E-state index in [0.717, 1.165) is 25.7 Å². The monoisotopic (exact) mass is 360 g/mol. The summed E-state index contributed by atoms with van der Waals surface area (Å²) in [5.41, 5.74) is 0.588. The van der Waals surface area contributed by atoms with Crippen LogP contribution in [0.5, 0.6) is 5.75 Å². The molecule has 0 heterocycles. The maximum absolute atomic E-state index is 12.3. The van der Waals surface area contributed by atoms with Crippen LogP contribution in [0, 0.1) is 0 Å². The first-order chi connectivity index (χ1) is 12.7. The number of carbonyl (C=O) groups is 2. The van der Waals surface area contributed by atoms with Gasteiger partial charge < -0.3 is 15.4 Å². The molecule has 2 amide bonds. The van der Waals surface area contributed by atoms with Crippen LogP contribution in [0.4, 0.5) is 5.69 Å². The zero-order valence-corrected chi connectivity index (χ0v) is 15.9. The van der Waals surface area contributed by atoms with Gasteiger partial charge in [0.05, 0.1) is 7.11 Å². The molecule has 0 radical (unpaired) electrons. The molecular formula is C21H32N2O3. The number of amides is 2. The summed E-state index contributed by atoms with van der Waals surface area (Å²) in [5.74, 6) is -0.445. The van der Waals surface area contributed by atoms with Crippen molar-refractivity contribution >= 4 is 17.5 Å². The number of rotatable bonds is 3. The van der Waals surface area contributed by atoms with Crippen LogP contribution in [0.15, 0.2) is 24.3 Å². The fourth-order valence-electron chi connectivity index (χ4n) is 3.42. The molecule has 1 saturated carbocycles. The molecular weight excluding hydrogens is 328 g/mol. The molecule has 0 unspecified atom stereocenters. The molecule has 1 fully saturated rings. The van der Waals surface area contributed by atoms with Gasteiger partial charge in [-0.3, -0.25) is 9.59 Å². The summed E-state index contributed by atoms with van der Waals surface area (Å²) in [6.07, 6.45) is 13.1. The van der Waals surface area contributed by atoms with E-state index in [9.17, 15) is 9.59 Å². The summed E-state index contributed by atoms with van der Waals surface area (Å²) in [6.45, 7) is 0. The van der Waals surface area contributed by atoms with Crippen LogP contribution in [0.1, 0.15) is 70.6 Å². The topological polar surface area (TPSA) is 67.4 Å². The molecule has 0 saturated heterocycles. The van der Waals surface area contributed by atoms with Gasteiger partial charge >= 0.3 is 11.8 Å². The van der Waals surface area contributed by atoms with Gasteiger partial charge in [-0.05, 0) is 37.1 Å². The van der Waals surface area contributed by atoms with Gasteiger partial charge in [0.25, 0.3) is 0 Å². The fourth-order valence-corrected chi connectivity index (χ4v) is 3.42. The van der Waals surface area contributed by atoms with E-state index >= 15 is 0 Å². The van der Waals surface area contributed by atoms with Crippen molar-refractivity contribution in [3.05, 3.63) is 24.3 Å². The number of hydrogen-bond donors (Lipinski definition) is 2. The Morgan fingerprint density at radius 3 is 1.81 bits per heavy atom. The number of methoxy groups -OCH3 is 1. The summed E-state index contributed by atoms with van der Waals surface area (Å²) < 4.78 is 5.09. The van der Waals surface area contributed by atoms with Gasteiger partial charge in [-0.1, -0.05) is 57.8 Å². The van der Waals surface area contributed by atoms with Crippen LogP contribution < -0.4 is 15.4 Å². The highest BCUT2D eigenvalue weighted by atomic mass is 16.5. The van der Waals surface area contributed by atoms with Gasteiger partial charge in [0.15, 0.2) is 0 Å². The predicted octanol–water partition coefficient (Wildman–Crippen LogP) is 4.42. The van der Waals surface area contributed by atoms with Crippen molar-refractivity contribution in [2.24, 2.45) is 0 Å². The quantitative estimate of drug-likeness (QED) is 0.784. The highest BCUT2D eigenvalue weighted by Crippen LogP contribution is 2.17. The van der Waals surface area contributed by atoms with E-state index in [-0.39, 0.29) is 6.04 Å². The fraction of sp³-hybridized carbons (Fsp3) is 0.619. The Labute approximate surface area is 156 Å². The van der Waals surface area contributed by atoms with Crippen molar-refractivity contribution in [3.63, 3.8) is 0 Å². The molecule has 1 aliphatic rings. The molecule has 5 nitrogen and oxygen atoms in total. The second-order valence-electron chi connectivity index (χ2n) is 7.11. The lowest BCUT2D eigenvalue weighted by molar-refractivity contribution is -0.136. The largest absolute Gasteiger partial charge is 0.497 e. The minimum Gasteiger partial charge on any atom is -0.497 e. The smallest absolute Gasteiger partial charge is 0.313 e. The number of hydrogen-bond acceptors (Lipinski definition) is 3. The number of nitrogens with one attached hydrogen (secondary N) is 2. The zero-order chi connectivity index (χ0) is 18.6. The van der Waals surface area contributed by atoms with Gasteiger partial charge in [-0.25, -0.2) is 0 Å². The molecule has 0 bridgehead atoms. The van der Waals surface area contributed by atoms with Gasteiger partial charge in [0.2, 0.25) is 0 Å². The number of ether oxygens (including phenoxy) is 1. The average Bonchev–Trinajstić information content (AvgIpc) is 2.64. The Bertz CT molecular complexity index is 545. The molecule has 0 aromatic heterocycles. The Morgan fingerprint density at radius 1 is 0.808 bits per heavy atom. The second kappa shape index (κ2) is 11.6. The third kappa shape index (κ3) is 7.46. The molecule has 0 aliphatic heterocycles. The zero-order valence-electron chi connectivity index (χ0n) is 15.9. The maximum atomic E-state index is 12.3. The molecule has 1 aliphatic carbocycles. The molecule has 1 aromatic rings. The van der Waals surface area contributed by atoms with E-state index < -0.39 is 11.8 Å². The van der Waals surface area contributed by atoms with Crippen LogP contribution in [0.2, 0.25) is 0 Å². The highest BCUT2D eigenvalue weighted by molar-refractivity contribution is 6.39. The Kier molecular flexibility index (Phi) is 9.01. The molecule has 0 spiro atoms. The maximum Gasteiger partial charge on any atom is 0.313 e. The number of benzene rings is 1. The Morgan fingerprint density at radius 2 is 1.31 bits per heavy atom. The number of anilines is 1. The van der Waals surface area contributed by atoms with Crippen LogP contribution in [0.3, 0.4) is 0 Å². The SMILES string of the molecule is COc1ccc(NC(=O)C(=O)NC2CCCCCCCCCCC2)cc1. The van der Waals surface area contributed by atoms with E-state index in [1.807, 2.05) is 0 Å². The molecule has 5 heteroatoms. The minimum atomic E-state index is -0.610. The van der Waals surface area contributed by atoms with Crippen molar-refractivity contribution in [2.75, 3.05) is 12.4 Å². The first-order valence-electron chi connectivity index (χ1n) is 9.95. The van der Waals surface area contributed by atoms with Gasteiger partial charge in [0.1, 0.15) is 5.75 Å². The van der Waals surface area contributed by atoms with Gasteiger partial charge in [0, 0.05) is 11.7 Å². The van der Waals surface area contributed by atoms with E-state index in [2.05, 4.69) is 10.6 Å². The summed E-state index contributed by atoms with van der Waals surface area (Å²) in [4.78, 5) is 24.4. The van der Waals surface area contributed by atoms with Crippen LogP contribution >= 0.6 is 0 Å². The lowest BCUT2D eigenvalue weighted by atomic mass is 9.98. The minimum absolute atomic E-state index is 0.101. The third-order valence-electron chi connectivity index (χ3n) is 4.99. The number of carbonyl (C=O) groups excluding carboxylic acids is 2. The third-order valence-corrected chi connectivity index (χ3v) is 4.99. The van der Waals surface area contributed by atoms with Crippen molar-refractivity contribution in [1.29, 1.82) is 0 Å². The van der Waals surface area contributed by atoms with Gasteiger partial charge in [-0.15, -0.1) is 0 Å². The molecule has 1 aromatic carbocycles. The van der Waals surface area contributed by atoms with Crippen molar-refractivity contribution < 1.29 is 14.3 Å². The summed E-state index contributed by atoms with van der Waals surface area (Å²) in [7, 11) is 1.59. The summed E-state index contributed by atoms with van der Waals surface area (Å²) in [6, 6.07) is 7.05. The van der Waals surface area contributed by atoms with E-state index in [1.165, 1.54) is 44.9 Å². The van der Waals surface area contributed by atoms with Crippen LogP contribution in [0.25, 0.3) is 0 Å². The van der Waals surface area contributed by atoms with Gasteiger partial charge in [-0.2, -0.15) is 0 Å². The molecule has 26 heavy (non-hydrogen) atoms. The summed E-state index contributed by atoms with van der Waals surface area (Å²) >= 11 is 0. The van der Waals surface area contributed by atoms with E-state index in [0.29, 0.717) is 11.4 Å². The Hall–Kier alpha value is -2.04.